The lowest BCUT2D eigenvalue weighted by molar-refractivity contribution is -0.138. The Hall–Kier alpha value is -2.83. The summed E-state index contributed by atoms with van der Waals surface area (Å²) in [6.45, 7) is 6.31. The number of nitrogens with zero attached hydrogens (tertiary/aromatic N) is 2. The Morgan fingerprint density at radius 3 is 2.57 bits per heavy atom. The number of halogens is 3. The first-order valence-corrected chi connectivity index (χ1v) is 9.14. The minimum Gasteiger partial charge on any atom is -0.349 e. The van der Waals surface area contributed by atoms with Crippen LogP contribution >= 0.6 is 0 Å². The van der Waals surface area contributed by atoms with Crippen LogP contribution in [0.4, 0.5) is 18.9 Å². The lowest BCUT2D eigenvalue weighted by Gasteiger charge is -2.33. The summed E-state index contributed by atoms with van der Waals surface area (Å²) < 4.78 is 39.8. The van der Waals surface area contributed by atoms with Gasteiger partial charge in [0.15, 0.2) is 0 Å². The molecule has 1 aliphatic heterocycles. The van der Waals surface area contributed by atoms with Gasteiger partial charge in [0.1, 0.15) is 5.69 Å². The number of aromatic amines is 1. The van der Waals surface area contributed by atoms with Crippen molar-refractivity contribution in [2.75, 3.05) is 13.1 Å². The Balaban J connectivity index is 1.73. The third-order valence-corrected chi connectivity index (χ3v) is 5.02. The van der Waals surface area contributed by atoms with Crippen molar-refractivity contribution in [3.63, 3.8) is 0 Å². The number of hydrogen-bond donors (Lipinski definition) is 1. The third-order valence-electron chi connectivity index (χ3n) is 5.02. The summed E-state index contributed by atoms with van der Waals surface area (Å²) in [6, 6.07) is 7.38. The van der Waals surface area contributed by atoms with Crippen LogP contribution in [0, 0.1) is 0 Å². The normalized spacial score (nSPS) is 15.9. The summed E-state index contributed by atoms with van der Waals surface area (Å²) >= 11 is 0. The van der Waals surface area contributed by atoms with Crippen molar-refractivity contribution in [3.05, 3.63) is 59.4 Å². The van der Waals surface area contributed by atoms with E-state index < -0.39 is 11.7 Å². The number of piperidine rings is 1. The highest BCUT2D eigenvalue weighted by atomic mass is 19.4. The van der Waals surface area contributed by atoms with Gasteiger partial charge in [-0.3, -0.25) is 9.79 Å². The van der Waals surface area contributed by atoms with E-state index in [1.807, 2.05) is 0 Å². The quantitative estimate of drug-likeness (QED) is 0.698. The highest BCUT2D eigenvalue weighted by Gasteiger charge is 2.36. The van der Waals surface area contributed by atoms with E-state index in [2.05, 4.69) is 16.6 Å². The number of carbonyl (C=O) groups is 1. The smallest absolute Gasteiger partial charge is 0.349 e. The molecule has 2 aromatic rings. The predicted octanol–water partition coefficient (Wildman–Crippen LogP) is 5.42. The SMILES string of the molecule is C=Cc1[nH]c(C(=O)N2CCC(c3ccccc3C(F)(F)F)CC2)cc1N=CC. The Morgan fingerprint density at radius 2 is 1.96 bits per heavy atom. The summed E-state index contributed by atoms with van der Waals surface area (Å²) in [5.74, 6) is -0.391. The molecule has 0 bridgehead atoms. The molecule has 1 aromatic heterocycles. The van der Waals surface area contributed by atoms with Crippen LogP contribution in [-0.4, -0.2) is 35.1 Å². The molecule has 1 N–H and O–H groups in total. The molecule has 3 rings (SSSR count). The first-order valence-electron chi connectivity index (χ1n) is 9.14. The van der Waals surface area contributed by atoms with Gasteiger partial charge in [0.05, 0.1) is 16.9 Å². The molecule has 1 fully saturated rings. The number of carbonyl (C=O) groups excluding carboxylic acids is 1. The topological polar surface area (TPSA) is 48.5 Å². The van der Waals surface area contributed by atoms with Crippen molar-refractivity contribution in [1.29, 1.82) is 0 Å². The summed E-state index contributed by atoms with van der Waals surface area (Å²) in [7, 11) is 0. The van der Waals surface area contributed by atoms with Crippen molar-refractivity contribution in [2.24, 2.45) is 4.99 Å². The second-order valence-corrected chi connectivity index (χ2v) is 6.72. The van der Waals surface area contributed by atoms with E-state index in [0.717, 1.165) is 6.07 Å². The summed E-state index contributed by atoms with van der Waals surface area (Å²) in [4.78, 5) is 21.7. The average molecular weight is 389 g/mol. The van der Waals surface area contributed by atoms with E-state index in [1.54, 1.807) is 42.3 Å². The van der Waals surface area contributed by atoms with Gasteiger partial charge < -0.3 is 9.88 Å². The number of rotatable bonds is 4. The van der Waals surface area contributed by atoms with Crippen LogP contribution in [-0.2, 0) is 6.18 Å². The van der Waals surface area contributed by atoms with Crippen molar-refractivity contribution >= 4 is 23.9 Å². The number of likely N-dealkylation sites (tertiary alicyclic amines) is 1. The van der Waals surface area contributed by atoms with Crippen molar-refractivity contribution in [3.8, 4) is 0 Å². The average Bonchev–Trinajstić information content (AvgIpc) is 3.10. The molecule has 1 amide bonds. The number of hydrogen-bond acceptors (Lipinski definition) is 2. The van der Waals surface area contributed by atoms with Gasteiger partial charge in [-0.25, -0.2) is 0 Å². The van der Waals surface area contributed by atoms with Crippen molar-refractivity contribution in [2.45, 2.75) is 31.9 Å². The van der Waals surface area contributed by atoms with Crippen LogP contribution in [0.5, 0.6) is 0 Å². The van der Waals surface area contributed by atoms with Gasteiger partial charge in [-0.1, -0.05) is 24.8 Å². The zero-order valence-corrected chi connectivity index (χ0v) is 15.6. The fraction of sp³-hybridized carbons (Fsp3) is 0.333. The van der Waals surface area contributed by atoms with Gasteiger partial charge in [-0.05, 0) is 49.5 Å². The van der Waals surface area contributed by atoms with Gasteiger partial charge in [0, 0.05) is 19.3 Å². The lowest BCUT2D eigenvalue weighted by atomic mass is 9.86. The molecule has 2 heterocycles. The standard InChI is InChI=1S/C21H22F3N3O/c1-3-17-18(25-4-2)13-19(26-17)20(28)27-11-9-14(10-12-27)15-7-5-6-8-16(15)21(22,23)24/h3-8,13-14,26H,1,9-12H2,2H3. The van der Waals surface area contributed by atoms with E-state index in [-0.39, 0.29) is 11.8 Å². The first-order chi connectivity index (χ1) is 13.3. The lowest BCUT2D eigenvalue weighted by Crippen LogP contribution is -2.38. The molecule has 0 saturated carbocycles. The predicted molar refractivity (Wildman–Crippen MR) is 104 cm³/mol. The molecule has 0 unspecified atom stereocenters. The number of aromatic nitrogens is 1. The number of alkyl halides is 3. The van der Waals surface area contributed by atoms with Crippen LogP contribution in [0.25, 0.3) is 6.08 Å². The molecule has 0 aliphatic carbocycles. The fourth-order valence-electron chi connectivity index (χ4n) is 3.65. The molecule has 0 spiro atoms. The molecule has 1 aromatic carbocycles. The fourth-order valence-corrected chi connectivity index (χ4v) is 3.65. The van der Waals surface area contributed by atoms with Crippen LogP contribution in [0.3, 0.4) is 0 Å². The molecule has 4 nitrogen and oxygen atoms in total. The van der Waals surface area contributed by atoms with Gasteiger partial charge in [-0.15, -0.1) is 0 Å². The zero-order valence-electron chi connectivity index (χ0n) is 15.6. The van der Waals surface area contributed by atoms with E-state index >= 15 is 0 Å². The summed E-state index contributed by atoms with van der Waals surface area (Å²) in [6.07, 6.45) is -0.153. The van der Waals surface area contributed by atoms with Crippen molar-refractivity contribution < 1.29 is 18.0 Å². The van der Waals surface area contributed by atoms with Gasteiger partial charge in [-0.2, -0.15) is 13.2 Å². The van der Waals surface area contributed by atoms with Crippen LogP contribution < -0.4 is 0 Å². The van der Waals surface area contributed by atoms with E-state index in [4.69, 9.17) is 0 Å². The molecular weight excluding hydrogens is 367 g/mol. The number of H-pyrrole nitrogens is 1. The Morgan fingerprint density at radius 1 is 1.29 bits per heavy atom. The number of nitrogens with one attached hydrogen (secondary N) is 1. The van der Waals surface area contributed by atoms with E-state index in [0.29, 0.717) is 48.6 Å². The van der Waals surface area contributed by atoms with Gasteiger partial charge in [0.2, 0.25) is 0 Å². The monoisotopic (exact) mass is 389 g/mol. The molecule has 148 valence electrons. The molecule has 7 heteroatoms. The highest BCUT2D eigenvalue weighted by molar-refractivity contribution is 5.94. The van der Waals surface area contributed by atoms with Gasteiger partial charge in [0.25, 0.3) is 5.91 Å². The number of benzene rings is 1. The maximum Gasteiger partial charge on any atom is 0.416 e. The Kier molecular flexibility index (Phi) is 5.72. The number of amides is 1. The number of aliphatic imine (C=N–C) groups is 1. The Bertz CT molecular complexity index is 891. The minimum absolute atomic E-state index is 0.178. The first kappa shape index (κ1) is 19.9. The minimum atomic E-state index is -4.37. The third kappa shape index (κ3) is 4.03. The van der Waals surface area contributed by atoms with E-state index in [9.17, 15) is 18.0 Å². The molecular formula is C21H22F3N3O. The molecule has 0 atom stereocenters. The van der Waals surface area contributed by atoms with Crippen LogP contribution in [0.1, 0.15) is 53.0 Å². The summed E-state index contributed by atoms with van der Waals surface area (Å²) in [5, 5.41) is 0. The molecule has 1 aliphatic rings. The highest BCUT2D eigenvalue weighted by Crippen LogP contribution is 2.38. The second-order valence-electron chi connectivity index (χ2n) is 6.72. The molecule has 0 radical (unpaired) electrons. The second kappa shape index (κ2) is 8.04. The summed E-state index contributed by atoms with van der Waals surface area (Å²) in [5.41, 5.74) is 1.44. The Labute approximate surface area is 161 Å². The maximum absolute atomic E-state index is 13.3. The zero-order chi connectivity index (χ0) is 20.3. The van der Waals surface area contributed by atoms with E-state index in [1.165, 1.54) is 6.07 Å². The molecule has 28 heavy (non-hydrogen) atoms. The maximum atomic E-state index is 13.3. The van der Waals surface area contributed by atoms with Crippen molar-refractivity contribution in [1.82, 2.24) is 9.88 Å². The molecule has 1 saturated heterocycles. The van der Waals surface area contributed by atoms with Crippen LogP contribution in [0.2, 0.25) is 0 Å². The van der Waals surface area contributed by atoms with Crippen LogP contribution in [0.15, 0.2) is 41.9 Å². The largest absolute Gasteiger partial charge is 0.416 e. The van der Waals surface area contributed by atoms with Gasteiger partial charge >= 0.3 is 6.18 Å².